The molecule has 10 nitrogen and oxygen atoms in total. The number of aromatic nitrogens is 3. The number of nitrogens with zero attached hydrogens (tertiary/aromatic N) is 3. The van der Waals surface area contributed by atoms with Crippen molar-refractivity contribution < 1.29 is 14.0 Å². The first-order valence-corrected chi connectivity index (χ1v) is 10.3. The van der Waals surface area contributed by atoms with Gasteiger partial charge in [-0.05, 0) is 49.6 Å². The molecule has 1 aromatic carbocycles. The number of carbonyl (C=O) groups is 2. The van der Waals surface area contributed by atoms with Crippen LogP contribution in [0, 0.1) is 0 Å². The fraction of sp³-hybridized carbons (Fsp3) is 0.333. The molecule has 10 heteroatoms. The summed E-state index contributed by atoms with van der Waals surface area (Å²) < 4.78 is 8.28. The number of fused-ring (bicyclic) bond motifs is 1. The van der Waals surface area contributed by atoms with Gasteiger partial charge < -0.3 is 20.4 Å². The van der Waals surface area contributed by atoms with Crippen LogP contribution in [-0.2, 0) is 19.5 Å². The first kappa shape index (κ1) is 20.5. The zero-order valence-corrected chi connectivity index (χ0v) is 17.0. The minimum Gasteiger partial charge on any atom is -0.459 e. The van der Waals surface area contributed by atoms with Gasteiger partial charge in [-0.1, -0.05) is 6.07 Å². The summed E-state index contributed by atoms with van der Waals surface area (Å²) in [6, 6.07) is 9.64. The maximum atomic E-state index is 12.3. The number of benzene rings is 1. The molecule has 0 spiro atoms. The lowest BCUT2D eigenvalue weighted by atomic mass is 10.2. The molecule has 3 amide bonds. The Morgan fingerprint density at radius 3 is 2.71 bits per heavy atom. The molecule has 31 heavy (non-hydrogen) atoms. The molecule has 2 aromatic heterocycles. The first-order valence-electron chi connectivity index (χ1n) is 10.3. The van der Waals surface area contributed by atoms with Crippen molar-refractivity contribution in [2.45, 2.75) is 38.8 Å². The Bertz CT molecular complexity index is 1120. The third-order valence-corrected chi connectivity index (χ3v) is 4.99. The summed E-state index contributed by atoms with van der Waals surface area (Å²) in [5, 5.41) is 12.6. The highest BCUT2D eigenvalue weighted by atomic mass is 16.3. The second-order valence-corrected chi connectivity index (χ2v) is 7.28. The maximum Gasteiger partial charge on any atom is 0.345 e. The van der Waals surface area contributed by atoms with Crippen molar-refractivity contribution in [1.82, 2.24) is 19.7 Å². The van der Waals surface area contributed by atoms with E-state index in [1.807, 2.05) is 0 Å². The van der Waals surface area contributed by atoms with Gasteiger partial charge in [-0.2, -0.15) is 5.10 Å². The molecule has 4 rings (SSSR count). The van der Waals surface area contributed by atoms with Gasteiger partial charge in [-0.15, -0.1) is 0 Å². The van der Waals surface area contributed by atoms with E-state index in [2.05, 4.69) is 21.0 Å². The molecule has 1 aliphatic rings. The number of hydrogen-bond acceptors (Lipinski definition) is 5. The van der Waals surface area contributed by atoms with E-state index in [0.717, 1.165) is 31.6 Å². The second-order valence-electron chi connectivity index (χ2n) is 7.28. The van der Waals surface area contributed by atoms with Crippen LogP contribution in [0.5, 0.6) is 0 Å². The van der Waals surface area contributed by atoms with Gasteiger partial charge >= 0.3 is 11.7 Å². The first-order chi connectivity index (χ1) is 15.1. The van der Waals surface area contributed by atoms with Crippen LogP contribution in [-0.4, -0.2) is 32.8 Å². The number of rotatable bonds is 7. The molecule has 3 aromatic rings. The highest BCUT2D eigenvalue weighted by Gasteiger charge is 2.16. The number of urea groups is 1. The summed E-state index contributed by atoms with van der Waals surface area (Å²) in [6.07, 6.45) is 4.92. The SMILES string of the molecule is O=C(NCCCn1nc2n(c1=O)CCCC2)Nc1cccc(NC(=O)c2ccco2)c1. The van der Waals surface area contributed by atoms with Crippen molar-refractivity contribution in [2.24, 2.45) is 0 Å². The van der Waals surface area contributed by atoms with Crippen molar-refractivity contribution in [3.8, 4) is 0 Å². The minimum atomic E-state index is -0.372. The zero-order chi connectivity index (χ0) is 21.6. The second kappa shape index (κ2) is 9.33. The largest absolute Gasteiger partial charge is 0.459 e. The predicted octanol–water partition coefficient (Wildman–Crippen LogP) is 2.44. The highest BCUT2D eigenvalue weighted by Crippen LogP contribution is 2.16. The van der Waals surface area contributed by atoms with Gasteiger partial charge in [0.2, 0.25) is 0 Å². The Balaban J connectivity index is 1.23. The van der Waals surface area contributed by atoms with Gasteiger partial charge in [0, 0.05) is 37.4 Å². The summed E-state index contributed by atoms with van der Waals surface area (Å²) in [5.74, 6) is 0.678. The highest BCUT2D eigenvalue weighted by molar-refractivity contribution is 6.02. The maximum absolute atomic E-state index is 12.3. The molecule has 3 N–H and O–H groups in total. The molecule has 0 fully saturated rings. The number of carbonyl (C=O) groups excluding carboxylic acids is 2. The molecular weight excluding hydrogens is 400 g/mol. The number of aryl methyl sites for hydroxylation is 2. The van der Waals surface area contributed by atoms with Crippen LogP contribution in [0.2, 0.25) is 0 Å². The van der Waals surface area contributed by atoms with Gasteiger partial charge in [0.25, 0.3) is 5.91 Å². The minimum absolute atomic E-state index is 0.0763. The fourth-order valence-electron chi connectivity index (χ4n) is 3.48. The van der Waals surface area contributed by atoms with Crippen molar-refractivity contribution in [2.75, 3.05) is 17.2 Å². The molecule has 0 saturated carbocycles. The number of anilines is 2. The van der Waals surface area contributed by atoms with E-state index in [4.69, 9.17) is 4.42 Å². The Morgan fingerprint density at radius 1 is 1.10 bits per heavy atom. The molecule has 1 aliphatic heterocycles. The summed E-state index contributed by atoms with van der Waals surface area (Å²) in [6.45, 7) is 1.58. The molecule has 3 heterocycles. The Labute approximate surface area is 178 Å². The Hall–Kier alpha value is -3.82. The molecule has 162 valence electrons. The van der Waals surface area contributed by atoms with E-state index in [1.54, 1.807) is 41.0 Å². The number of nitrogens with one attached hydrogen (secondary N) is 3. The summed E-state index contributed by atoms with van der Waals surface area (Å²) >= 11 is 0. The van der Waals surface area contributed by atoms with Crippen molar-refractivity contribution in [3.05, 3.63) is 64.7 Å². The van der Waals surface area contributed by atoms with E-state index < -0.39 is 0 Å². The standard InChI is InChI=1S/C21H24N6O4/c28-19(17-8-4-13-31-17)23-15-6-3-7-16(14-15)24-20(29)22-10-5-12-27-21(30)26-11-2-1-9-18(26)25-27/h3-4,6-8,13-14H,1-2,5,9-12H2,(H,23,28)(H2,22,24,29). The van der Waals surface area contributed by atoms with Crippen LogP contribution in [0.1, 0.15) is 35.6 Å². The summed E-state index contributed by atoms with van der Waals surface area (Å²) in [4.78, 5) is 36.5. The van der Waals surface area contributed by atoms with E-state index in [1.165, 1.54) is 10.9 Å². The van der Waals surface area contributed by atoms with E-state index in [9.17, 15) is 14.4 Å². The Kier molecular flexibility index (Phi) is 6.16. The molecular formula is C21H24N6O4. The molecule has 0 unspecified atom stereocenters. The quantitative estimate of drug-likeness (QED) is 0.503. The summed E-state index contributed by atoms with van der Waals surface area (Å²) in [5.41, 5.74) is 0.989. The van der Waals surface area contributed by atoms with E-state index in [0.29, 0.717) is 30.9 Å². The van der Waals surface area contributed by atoms with Crippen LogP contribution in [0.3, 0.4) is 0 Å². The molecule has 0 saturated heterocycles. The molecule has 0 bridgehead atoms. The summed E-state index contributed by atoms with van der Waals surface area (Å²) in [7, 11) is 0. The third kappa shape index (κ3) is 5.03. The lowest BCUT2D eigenvalue weighted by Gasteiger charge is -2.09. The molecule has 0 radical (unpaired) electrons. The third-order valence-electron chi connectivity index (χ3n) is 4.99. The van der Waals surface area contributed by atoms with Gasteiger partial charge in [0.15, 0.2) is 5.76 Å². The van der Waals surface area contributed by atoms with Crippen LogP contribution < -0.4 is 21.6 Å². The van der Waals surface area contributed by atoms with Crippen LogP contribution >= 0.6 is 0 Å². The van der Waals surface area contributed by atoms with E-state index >= 15 is 0 Å². The monoisotopic (exact) mass is 424 g/mol. The average Bonchev–Trinajstić information content (AvgIpc) is 3.41. The van der Waals surface area contributed by atoms with Crippen molar-refractivity contribution in [3.63, 3.8) is 0 Å². The zero-order valence-electron chi connectivity index (χ0n) is 17.0. The predicted molar refractivity (Wildman–Crippen MR) is 114 cm³/mol. The average molecular weight is 424 g/mol. The van der Waals surface area contributed by atoms with Gasteiger partial charge in [-0.3, -0.25) is 9.36 Å². The van der Waals surface area contributed by atoms with Gasteiger partial charge in [0.1, 0.15) is 5.82 Å². The Morgan fingerprint density at radius 2 is 1.94 bits per heavy atom. The molecule has 0 atom stereocenters. The topological polar surface area (TPSA) is 123 Å². The van der Waals surface area contributed by atoms with E-state index in [-0.39, 0.29) is 23.4 Å². The number of amides is 3. The van der Waals surface area contributed by atoms with Crippen LogP contribution in [0.15, 0.2) is 51.9 Å². The van der Waals surface area contributed by atoms with Crippen LogP contribution in [0.4, 0.5) is 16.2 Å². The smallest absolute Gasteiger partial charge is 0.345 e. The fourth-order valence-corrected chi connectivity index (χ4v) is 3.48. The normalized spacial score (nSPS) is 12.8. The molecule has 0 aliphatic carbocycles. The number of hydrogen-bond donors (Lipinski definition) is 3. The van der Waals surface area contributed by atoms with Crippen molar-refractivity contribution in [1.29, 1.82) is 0 Å². The van der Waals surface area contributed by atoms with Crippen LogP contribution in [0.25, 0.3) is 0 Å². The lowest BCUT2D eigenvalue weighted by molar-refractivity contribution is 0.0996. The van der Waals surface area contributed by atoms with Gasteiger partial charge in [-0.25, -0.2) is 14.3 Å². The van der Waals surface area contributed by atoms with Gasteiger partial charge in [0.05, 0.1) is 6.26 Å². The number of furan rings is 1. The lowest BCUT2D eigenvalue weighted by Crippen LogP contribution is -2.31. The van der Waals surface area contributed by atoms with Crippen molar-refractivity contribution >= 4 is 23.3 Å².